The van der Waals surface area contributed by atoms with E-state index in [9.17, 15) is 35.4 Å². The molecule has 1 amide bonds. The summed E-state index contributed by atoms with van der Waals surface area (Å²) < 4.78 is 11.1. The SMILES string of the molecule is CCCCCCCCCCCCCCCCCCCCCCCCCCCCCC(=O)N[C@@H](CO[C@@H]1O[C@H](CO)[C@@H](O)C(O)C1O)[C@H](O)[C@H](O)CCCCCCCCCC. The molecule has 0 aromatic rings. The van der Waals surface area contributed by atoms with Crippen molar-refractivity contribution in [2.75, 3.05) is 13.2 Å². The van der Waals surface area contributed by atoms with Crippen LogP contribution in [-0.2, 0) is 14.3 Å². The van der Waals surface area contributed by atoms with Crippen LogP contribution in [0, 0.1) is 0 Å². The van der Waals surface area contributed by atoms with Crippen molar-refractivity contribution in [2.24, 2.45) is 0 Å². The number of hydrogen-bond acceptors (Lipinski definition) is 9. The third kappa shape index (κ3) is 30.3. The van der Waals surface area contributed by atoms with Gasteiger partial charge in [-0.3, -0.25) is 4.79 Å². The van der Waals surface area contributed by atoms with Gasteiger partial charge in [-0.2, -0.15) is 0 Å². The average molecular weight is 858 g/mol. The molecule has 10 heteroatoms. The Kier molecular flexibility index (Phi) is 39.0. The minimum atomic E-state index is -1.60. The molecule has 60 heavy (non-hydrogen) atoms. The number of amides is 1. The zero-order chi connectivity index (χ0) is 43.9. The molecule has 1 fully saturated rings. The molecule has 0 aromatic carbocycles. The van der Waals surface area contributed by atoms with Gasteiger partial charge in [-0.25, -0.2) is 0 Å². The molecule has 0 bridgehead atoms. The number of unbranched alkanes of at least 4 members (excludes halogenated alkanes) is 33. The van der Waals surface area contributed by atoms with E-state index in [0.717, 1.165) is 44.9 Å². The van der Waals surface area contributed by atoms with Gasteiger partial charge in [-0.15, -0.1) is 0 Å². The fourth-order valence-electron chi connectivity index (χ4n) is 8.61. The first-order valence-corrected chi connectivity index (χ1v) is 25.8. The molecule has 2 unspecified atom stereocenters. The molecule has 0 radical (unpaired) electrons. The lowest BCUT2D eigenvalue weighted by Crippen LogP contribution is -2.60. The van der Waals surface area contributed by atoms with Crippen molar-refractivity contribution in [2.45, 2.75) is 300 Å². The van der Waals surface area contributed by atoms with Crippen LogP contribution in [-0.4, -0.2) is 98.7 Å². The third-order valence-corrected chi connectivity index (χ3v) is 12.8. The van der Waals surface area contributed by atoms with Gasteiger partial charge in [0.05, 0.1) is 25.4 Å². The molecule has 7 N–H and O–H groups in total. The molecule has 0 aliphatic carbocycles. The standard InChI is InChI=1S/C50H99NO9/c1-3-5-7-9-11-13-14-15-16-17-18-19-20-21-22-23-24-25-26-27-28-29-30-31-33-35-37-39-45(54)51-42(41-59-50-49(58)48(57)47(56)44(40-52)60-50)46(55)43(53)38-36-34-32-12-10-8-6-4-2/h42-44,46-50,52-53,55-58H,3-41H2,1-2H3,(H,51,54)/t42-,43+,44+,46-,47+,48?,49?,50+/m0/s1. The molecule has 1 aliphatic rings. The van der Waals surface area contributed by atoms with Gasteiger partial charge in [0.2, 0.25) is 5.91 Å². The normalized spacial score (nSPS) is 21.0. The Bertz CT molecular complexity index is 926. The van der Waals surface area contributed by atoms with Gasteiger partial charge in [-0.05, 0) is 12.8 Å². The number of nitrogens with one attached hydrogen (secondary N) is 1. The Morgan fingerprint density at radius 2 is 0.867 bits per heavy atom. The summed E-state index contributed by atoms with van der Waals surface area (Å²) in [5.41, 5.74) is 0. The monoisotopic (exact) mass is 858 g/mol. The zero-order valence-electron chi connectivity index (χ0n) is 39.1. The minimum absolute atomic E-state index is 0.254. The van der Waals surface area contributed by atoms with Gasteiger partial charge in [-0.1, -0.05) is 232 Å². The Balaban J connectivity index is 2.16. The van der Waals surface area contributed by atoms with Crippen LogP contribution in [0.5, 0.6) is 0 Å². The van der Waals surface area contributed by atoms with E-state index >= 15 is 0 Å². The van der Waals surface area contributed by atoms with E-state index < -0.39 is 55.6 Å². The van der Waals surface area contributed by atoms with Gasteiger partial charge < -0.3 is 45.4 Å². The van der Waals surface area contributed by atoms with E-state index in [4.69, 9.17) is 9.47 Å². The quantitative estimate of drug-likeness (QED) is 0.0295. The lowest BCUT2D eigenvalue weighted by atomic mass is 9.98. The predicted octanol–water partition coefficient (Wildman–Crippen LogP) is 10.5. The number of aliphatic hydroxyl groups is 6. The molecule has 1 heterocycles. The lowest BCUT2D eigenvalue weighted by Gasteiger charge is -2.40. The van der Waals surface area contributed by atoms with E-state index in [2.05, 4.69) is 19.2 Å². The molecule has 0 aromatic heterocycles. The Hall–Kier alpha value is -0.850. The van der Waals surface area contributed by atoms with Crippen LogP contribution in [0.3, 0.4) is 0 Å². The van der Waals surface area contributed by atoms with Crippen molar-refractivity contribution in [3.63, 3.8) is 0 Å². The van der Waals surface area contributed by atoms with Gasteiger partial charge in [0.15, 0.2) is 6.29 Å². The summed E-state index contributed by atoms with van der Waals surface area (Å²) >= 11 is 0. The highest BCUT2D eigenvalue weighted by Crippen LogP contribution is 2.23. The molecule has 1 aliphatic heterocycles. The zero-order valence-corrected chi connectivity index (χ0v) is 39.1. The van der Waals surface area contributed by atoms with Crippen LogP contribution in [0.25, 0.3) is 0 Å². The average Bonchev–Trinajstić information content (AvgIpc) is 3.25. The van der Waals surface area contributed by atoms with E-state index in [0.29, 0.717) is 6.42 Å². The fraction of sp³-hybridized carbons (Fsp3) is 0.980. The molecule has 1 saturated heterocycles. The predicted molar refractivity (Wildman–Crippen MR) is 246 cm³/mol. The maximum Gasteiger partial charge on any atom is 0.220 e. The molecular weight excluding hydrogens is 759 g/mol. The van der Waals surface area contributed by atoms with Crippen molar-refractivity contribution in [1.82, 2.24) is 5.32 Å². The van der Waals surface area contributed by atoms with Crippen LogP contribution in [0.15, 0.2) is 0 Å². The highest BCUT2D eigenvalue weighted by Gasteiger charge is 2.44. The van der Waals surface area contributed by atoms with E-state index in [1.54, 1.807) is 0 Å². The fourth-order valence-corrected chi connectivity index (χ4v) is 8.61. The number of carbonyl (C=O) groups is 1. The molecule has 358 valence electrons. The summed E-state index contributed by atoms with van der Waals surface area (Å²) in [7, 11) is 0. The summed E-state index contributed by atoms with van der Waals surface area (Å²) in [5.74, 6) is -0.254. The van der Waals surface area contributed by atoms with E-state index in [-0.39, 0.29) is 18.9 Å². The maximum atomic E-state index is 13.0. The summed E-state index contributed by atoms with van der Waals surface area (Å²) in [6.07, 6.45) is 35.8. The molecule has 8 atom stereocenters. The van der Waals surface area contributed by atoms with Crippen LogP contribution in [0.2, 0.25) is 0 Å². The van der Waals surface area contributed by atoms with Crippen molar-refractivity contribution in [3.8, 4) is 0 Å². The first-order valence-electron chi connectivity index (χ1n) is 25.8. The first-order chi connectivity index (χ1) is 29.3. The first kappa shape index (κ1) is 57.2. The highest BCUT2D eigenvalue weighted by molar-refractivity contribution is 5.76. The summed E-state index contributed by atoms with van der Waals surface area (Å²) in [6.45, 7) is 3.59. The lowest BCUT2D eigenvalue weighted by molar-refractivity contribution is -0.303. The third-order valence-electron chi connectivity index (χ3n) is 12.8. The van der Waals surface area contributed by atoms with Crippen LogP contribution in [0.1, 0.15) is 251 Å². The number of rotatable bonds is 44. The van der Waals surface area contributed by atoms with Gasteiger partial charge in [0, 0.05) is 6.42 Å². The minimum Gasteiger partial charge on any atom is -0.394 e. The Morgan fingerprint density at radius 1 is 0.517 bits per heavy atom. The molecule has 10 nitrogen and oxygen atoms in total. The number of aliphatic hydroxyl groups excluding tert-OH is 6. The largest absolute Gasteiger partial charge is 0.394 e. The second kappa shape index (κ2) is 40.9. The van der Waals surface area contributed by atoms with Crippen molar-refractivity contribution < 1.29 is 44.9 Å². The molecular formula is C50H99NO9. The van der Waals surface area contributed by atoms with Gasteiger partial charge >= 0.3 is 0 Å². The highest BCUT2D eigenvalue weighted by atomic mass is 16.7. The Labute approximate surface area is 368 Å². The van der Waals surface area contributed by atoms with Gasteiger partial charge in [0.25, 0.3) is 0 Å². The number of hydrogen-bond donors (Lipinski definition) is 7. The van der Waals surface area contributed by atoms with Crippen molar-refractivity contribution in [1.29, 1.82) is 0 Å². The molecule has 1 rings (SSSR count). The van der Waals surface area contributed by atoms with Crippen LogP contribution < -0.4 is 5.32 Å². The Morgan fingerprint density at radius 3 is 1.23 bits per heavy atom. The van der Waals surface area contributed by atoms with E-state index in [1.807, 2.05) is 0 Å². The summed E-state index contributed by atoms with van der Waals surface area (Å²) in [6, 6.07) is -0.983. The van der Waals surface area contributed by atoms with E-state index in [1.165, 1.54) is 180 Å². The second-order valence-electron chi connectivity index (χ2n) is 18.5. The topological polar surface area (TPSA) is 169 Å². The number of carbonyl (C=O) groups excluding carboxylic acids is 1. The second-order valence-corrected chi connectivity index (χ2v) is 18.5. The number of ether oxygens (including phenoxy) is 2. The molecule has 0 spiro atoms. The molecule has 0 saturated carbocycles. The van der Waals surface area contributed by atoms with Crippen LogP contribution >= 0.6 is 0 Å². The summed E-state index contributed by atoms with van der Waals surface area (Å²) in [5, 5.41) is 65.0. The summed E-state index contributed by atoms with van der Waals surface area (Å²) in [4.78, 5) is 13.0. The van der Waals surface area contributed by atoms with Gasteiger partial charge in [0.1, 0.15) is 30.5 Å². The van der Waals surface area contributed by atoms with Crippen molar-refractivity contribution >= 4 is 5.91 Å². The van der Waals surface area contributed by atoms with Crippen LogP contribution in [0.4, 0.5) is 0 Å². The van der Waals surface area contributed by atoms with Crippen molar-refractivity contribution in [3.05, 3.63) is 0 Å². The maximum absolute atomic E-state index is 13.0. The smallest absolute Gasteiger partial charge is 0.220 e.